The fourth-order valence-corrected chi connectivity index (χ4v) is 2.13. The zero-order valence-electron chi connectivity index (χ0n) is 10.4. The van der Waals surface area contributed by atoms with Crippen molar-refractivity contribution < 1.29 is 13.5 Å². The van der Waals surface area contributed by atoms with Crippen molar-refractivity contribution in [1.29, 1.82) is 0 Å². The van der Waals surface area contributed by atoms with Gasteiger partial charge in [0.05, 0.1) is 13.2 Å². The highest BCUT2D eigenvalue weighted by atomic mass is 19.2. The van der Waals surface area contributed by atoms with Crippen LogP contribution >= 0.6 is 0 Å². The first kappa shape index (κ1) is 13.4. The molecule has 3 nitrogen and oxygen atoms in total. The van der Waals surface area contributed by atoms with Crippen LogP contribution in [0.3, 0.4) is 0 Å². The van der Waals surface area contributed by atoms with Crippen LogP contribution in [-0.4, -0.2) is 37.2 Å². The molecule has 1 aromatic carbocycles. The summed E-state index contributed by atoms with van der Waals surface area (Å²) in [6, 6.07) is 3.81. The Morgan fingerprint density at radius 1 is 1.44 bits per heavy atom. The molecule has 0 amide bonds. The van der Waals surface area contributed by atoms with Gasteiger partial charge in [-0.3, -0.25) is 4.90 Å². The summed E-state index contributed by atoms with van der Waals surface area (Å²) in [6.07, 6.45) is 0. The topological polar surface area (TPSA) is 38.5 Å². The van der Waals surface area contributed by atoms with Gasteiger partial charge in [0.2, 0.25) is 0 Å². The monoisotopic (exact) mass is 256 g/mol. The lowest BCUT2D eigenvalue weighted by Crippen LogP contribution is -2.46. The molecule has 0 radical (unpaired) electrons. The number of hydrogen-bond acceptors (Lipinski definition) is 3. The molecule has 1 fully saturated rings. The Bertz CT molecular complexity index is 414. The minimum Gasteiger partial charge on any atom is -0.379 e. The third-order valence-corrected chi connectivity index (χ3v) is 3.31. The number of nitrogens with zero attached hydrogens (tertiary/aromatic N) is 1. The van der Waals surface area contributed by atoms with E-state index in [2.05, 4.69) is 11.8 Å². The highest BCUT2D eigenvalue weighted by Gasteiger charge is 2.21. The van der Waals surface area contributed by atoms with Gasteiger partial charge >= 0.3 is 0 Å². The standard InChI is InChI=1S/C13H18F2N2O/c1-9-8-18-5-4-17(9)7-13(16)10-2-3-11(14)12(15)6-10/h2-3,6,9,13H,4-5,7-8,16H2,1H3. The minimum absolute atomic E-state index is 0.301. The molecule has 2 N–H and O–H groups in total. The normalized spacial score (nSPS) is 23.0. The van der Waals surface area contributed by atoms with Crippen LogP contribution in [-0.2, 0) is 4.74 Å². The zero-order chi connectivity index (χ0) is 13.1. The van der Waals surface area contributed by atoms with E-state index in [1.807, 2.05) is 0 Å². The number of benzene rings is 1. The molecule has 0 spiro atoms. The van der Waals surface area contributed by atoms with Gasteiger partial charge in [0.25, 0.3) is 0 Å². The molecule has 100 valence electrons. The third kappa shape index (κ3) is 3.04. The molecule has 0 saturated carbocycles. The van der Waals surface area contributed by atoms with E-state index in [-0.39, 0.29) is 6.04 Å². The van der Waals surface area contributed by atoms with Gasteiger partial charge in [-0.1, -0.05) is 6.07 Å². The van der Waals surface area contributed by atoms with Gasteiger partial charge in [-0.2, -0.15) is 0 Å². The van der Waals surface area contributed by atoms with Crippen LogP contribution in [0.4, 0.5) is 8.78 Å². The van der Waals surface area contributed by atoms with Crippen LogP contribution in [0.25, 0.3) is 0 Å². The Morgan fingerprint density at radius 2 is 2.22 bits per heavy atom. The molecule has 2 unspecified atom stereocenters. The minimum atomic E-state index is -0.849. The molecule has 2 atom stereocenters. The zero-order valence-corrected chi connectivity index (χ0v) is 10.4. The summed E-state index contributed by atoms with van der Waals surface area (Å²) in [5.41, 5.74) is 6.65. The van der Waals surface area contributed by atoms with Crippen molar-refractivity contribution in [3.63, 3.8) is 0 Å². The number of ether oxygens (including phenoxy) is 1. The number of halogens is 2. The van der Waals surface area contributed by atoms with E-state index in [1.165, 1.54) is 12.1 Å². The van der Waals surface area contributed by atoms with Gasteiger partial charge in [-0.25, -0.2) is 8.78 Å². The molecule has 0 aromatic heterocycles. The number of morpholine rings is 1. The van der Waals surface area contributed by atoms with Crippen molar-refractivity contribution in [2.45, 2.75) is 19.0 Å². The lowest BCUT2D eigenvalue weighted by molar-refractivity contribution is -0.00282. The summed E-state index contributed by atoms with van der Waals surface area (Å²) in [5.74, 6) is -1.69. The number of rotatable bonds is 3. The van der Waals surface area contributed by atoms with Gasteiger partial charge < -0.3 is 10.5 Å². The second-order valence-electron chi connectivity index (χ2n) is 4.70. The fraction of sp³-hybridized carbons (Fsp3) is 0.538. The van der Waals surface area contributed by atoms with E-state index in [4.69, 9.17) is 10.5 Å². The summed E-state index contributed by atoms with van der Waals surface area (Å²) < 4.78 is 31.3. The van der Waals surface area contributed by atoms with Crippen molar-refractivity contribution in [2.24, 2.45) is 5.73 Å². The maximum atomic E-state index is 13.1. The van der Waals surface area contributed by atoms with E-state index < -0.39 is 11.6 Å². The molecule has 1 aliphatic rings. The summed E-state index contributed by atoms with van der Waals surface area (Å²) >= 11 is 0. The molecule has 2 rings (SSSR count). The van der Waals surface area contributed by atoms with Gasteiger partial charge in [0.1, 0.15) is 0 Å². The summed E-state index contributed by atoms with van der Waals surface area (Å²) in [5, 5.41) is 0. The van der Waals surface area contributed by atoms with E-state index >= 15 is 0 Å². The highest BCUT2D eigenvalue weighted by molar-refractivity contribution is 5.21. The number of nitrogens with two attached hydrogens (primary N) is 1. The van der Waals surface area contributed by atoms with Gasteiger partial charge in [-0.05, 0) is 24.6 Å². The highest BCUT2D eigenvalue weighted by Crippen LogP contribution is 2.17. The molecule has 0 aliphatic carbocycles. The molecule has 5 heteroatoms. The first-order valence-corrected chi connectivity index (χ1v) is 6.10. The van der Waals surface area contributed by atoms with Gasteiger partial charge in [0.15, 0.2) is 11.6 Å². The first-order valence-electron chi connectivity index (χ1n) is 6.10. The van der Waals surface area contributed by atoms with E-state index in [0.717, 1.165) is 12.6 Å². The fourth-order valence-electron chi connectivity index (χ4n) is 2.13. The molecule has 1 saturated heterocycles. The van der Waals surface area contributed by atoms with Gasteiger partial charge in [-0.15, -0.1) is 0 Å². The van der Waals surface area contributed by atoms with Crippen LogP contribution < -0.4 is 5.73 Å². The molecule has 18 heavy (non-hydrogen) atoms. The SMILES string of the molecule is CC1COCCN1CC(N)c1ccc(F)c(F)c1. The Morgan fingerprint density at radius 3 is 2.89 bits per heavy atom. The van der Waals surface area contributed by atoms with Crippen LogP contribution in [0, 0.1) is 11.6 Å². The average Bonchev–Trinajstić information content (AvgIpc) is 2.35. The summed E-state index contributed by atoms with van der Waals surface area (Å²) in [4.78, 5) is 2.20. The quantitative estimate of drug-likeness (QED) is 0.894. The van der Waals surface area contributed by atoms with Crippen molar-refractivity contribution in [1.82, 2.24) is 4.90 Å². The third-order valence-electron chi connectivity index (χ3n) is 3.31. The average molecular weight is 256 g/mol. The van der Waals surface area contributed by atoms with Crippen LogP contribution in [0.5, 0.6) is 0 Å². The second-order valence-corrected chi connectivity index (χ2v) is 4.70. The largest absolute Gasteiger partial charge is 0.379 e. The Kier molecular flexibility index (Phi) is 4.27. The number of hydrogen-bond donors (Lipinski definition) is 1. The first-order chi connectivity index (χ1) is 8.58. The maximum Gasteiger partial charge on any atom is 0.159 e. The summed E-state index contributed by atoms with van der Waals surface area (Å²) in [6.45, 7) is 4.88. The van der Waals surface area contributed by atoms with Crippen molar-refractivity contribution >= 4 is 0 Å². The molecular formula is C13H18F2N2O. The molecular weight excluding hydrogens is 238 g/mol. The van der Waals surface area contributed by atoms with E-state index in [9.17, 15) is 8.78 Å². The predicted molar refractivity (Wildman–Crippen MR) is 65.1 cm³/mol. The maximum absolute atomic E-state index is 13.1. The lowest BCUT2D eigenvalue weighted by Gasteiger charge is -2.35. The Hall–Kier alpha value is -1.04. The lowest BCUT2D eigenvalue weighted by atomic mass is 10.1. The van der Waals surface area contributed by atoms with Crippen molar-refractivity contribution in [2.75, 3.05) is 26.3 Å². The van der Waals surface area contributed by atoms with Gasteiger partial charge in [0, 0.05) is 25.2 Å². The molecule has 1 heterocycles. The van der Waals surface area contributed by atoms with Crippen LogP contribution in [0.1, 0.15) is 18.5 Å². The molecule has 1 aromatic rings. The van der Waals surface area contributed by atoms with Crippen molar-refractivity contribution in [3.8, 4) is 0 Å². The van der Waals surface area contributed by atoms with Crippen molar-refractivity contribution in [3.05, 3.63) is 35.4 Å². The molecule has 1 aliphatic heterocycles. The Balaban J connectivity index is 2.02. The smallest absolute Gasteiger partial charge is 0.159 e. The predicted octanol–water partition coefficient (Wildman–Crippen LogP) is 1.69. The molecule has 0 bridgehead atoms. The summed E-state index contributed by atoms with van der Waals surface area (Å²) in [7, 11) is 0. The second kappa shape index (κ2) is 5.73. The van der Waals surface area contributed by atoms with E-state index in [0.29, 0.717) is 31.4 Å². The van der Waals surface area contributed by atoms with Crippen LogP contribution in [0.2, 0.25) is 0 Å². The van der Waals surface area contributed by atoms with Crippen LogP contribution in [0.15, 0.2) is 18.2 Å². The van der Waals surface area contributed by atoms with E-state index in [1.54, 1.807) is 0 Å². The Labute approximate surface area is 106 Å².